The molecule has 0 amide bonds. The van der Waals surface area contributed by atoms with E-state index < -0.39 is 6.36 Å². The molecule has 1 heterocycles. The zero-order valence-electron chi connectivity index (χ0n) is 14.3. The largest absolute Gasteiger partial charge is 0.573 e. The fourth-order valence-electron chi connectivity index (χ4n) is 2.61. The van der Waals surface area contributed by atoms with Crippen LogP contribution >= 0.6 is 12.2 Å². The van der Waals surface area contributed by atoms with Crippen molar-refractivity contribution < 1.29 is 22.6 Å². The van der Waals surface area contributed by atoms with E-state index in [1.807, 2.05) is 24.3 Å². The van der Waals surface area contributed by atoms with Crippen LogP contribution in [0.25, 0.3) is 0 Å². The SMILES string of the molecule is FC(F)(F)Oc1ccc(NC(=S)Nc2ccc(N3CCOCC3)cc2)cc1. The summed E-state index contributed by atoms with van der Waals surface area (Å²) in [6.07, 6.45) is -4.71. The molecular weight excluding hydrogens is 379 g/mol. The van der Waals surface area contributed by atoms with Crippen molar-refractivity contribution in [3.63, 3.8) is 0 Å². The third-order valence-electron chi connectivity index (χ3n) is 3.85. The molecule has 0 radical (unpaired) electrons. The lowest BCUT2D eigenvalue weighted by molar-refractivity contribution is -0.274. The number of nitrogens with zero attached hydrogens (tertiary/aromatic N) is 1. The van der Waals surface area contributed by atoms with Gasteiger partial charge >= 0.3 is 6.36 Å². The van der Waals surface area contributed by atoms with Crippen LogP contribution in [0, 0.1) is 0 Å². The van der Waals surface area contributed by atoms with E-state index in [1.54, 1.807) is 0 Å². The number of hydrogen-bond donors (Lipinski definition) is 2. The summed E-state index contributed by atoms with van der Waals surface area (Å²) in [6.45, 7) is 3.17. The molecule has 9 heteroatoms. The second-order valence-electron chi connectivity index (χ2n) is 5.80. The number of morpholine rings is 1. The van der Waals surface area contributed by atoms with E-state index in [1.165, 1.54) is 24.3 Å². The third kappa shape index (κ3) is 6.00. The number of rotatable bonds is 4. The van der Waals surface area contributed by atoms with Crippen LogP contribution < -0.4 is 20.3 Å². The van der Waals surface area contributed by atoms with Crippen molar-refractivity contribution in [2.24, 2.45) is 0 Å². The van der Waals surface area contributed by atoms with Crippen molar-refractivity contribution in [1.82, 2.24) is 0 Å². The van der Waals surface area contributed by atoms with Crippen LogP contribution in [0.3, 0.4) is 0 Å². The molecule has 2 aromatic carbocycles. The van der Waals surface area contributed by atoms with Crippen molar-refractivity contribution >= 4 is 34.4 Å². The van der Waals surface area contributed by atoms with E-state index in [-0.39, 0.29) is 5.75 Å². The Hall–Kier alpha value is -2.52. The average Bonchev–Trinajstić information content (AvgIpc) is 2.63. The lowest BCUT2D eigenvalue weighted by atomic mass is 10.2. The van der Waals surface area contributed by atoms with Crippen LogP contribution in [0.5, 0.6) is 5.75 Å². The molecule has 3 rings (SSSR count). The number of ether oxygens (including phenoxy) is 2. The molecule has 144 valence electrons. The second kappa shape index (κ2) is 8.45. The summed E-state index contributed by atoms with van der Waals surface area (Å²) in [5, 5.41) is 6.29. The Balaban J connectivity index is 1.53. The zero-order valence-corrected chi connectivity index (χ0v) is 15.1. The van der Waals surface area contributed by atoms with Gasteiger partial charge in [0.15, 0.2) is 5.11 Å². The quantitative estimate of drug-likeness (QED) is 0.753. The van der Waals surface area contributed by atoms with Gasteiger partial charge in [-0.3, -0.25) is 0 Å². The van der Waals surface area contributed by atoms with Gasteiger partial charge in [0.2, 0.25) is 0 Å². The Labute approximate surface area is 160 Å². The maximum absolute atomic E-state index is 12.2. The fraction of sp³-hybridized carbons (Fsp3) is 0.278. The Bertz CT molecular complexity index is 761. The first-order chi connectivity index (χ1) is 12.9. The van der Waals surface area contributed by atoms with Crippen molar-refractivity contribution in [2.75, 3.05) is 41.8 Å². The van der Waals surface area contributed by atoms with Crippen LogP contribution in [-0.4, -0.2) is 37.8 Å². The smallest absolute Gasteiger partial charge is 0.406 e. The van der Waals surface area contributed by atoms with Crippen molar-refractivity contribution in [3.8, 4) is 5.75 Å². The molecule has 2 aromatic rings. The highest BCUT2D eigenvalue weighted by Crippen LogP contribution is 2.24. The maximum atomic E-state index is 12.2. The molecule has 1 aliphatic rings. The van der Waals surface area contributed by atoms with Crippen molar-refractivity contribution in [2.45, 2.75) is 6.36 Å². The number of halogens is 3. The Kier molecular flexibility index (Phi) is 6.02. The van der Waals surface area contributed by atoms with Crippen LogP contribution in [0.2, 0.25) is 0 Å². The average molecular weight is 397 g/mol. The molecule has 0 aliphatic carbocycles. The number of alkyl halides is 3. The molecule has 1 saturated heterocycles. The van der Waals surface area contributed by atoms with Gasteiger partial charge in [-0.1, -0.05) is 0 Å². The standard InChI is InChI=1S/C18H18F3N3O2S/c19-18(20,21)26-16-7-3-14(4-8-16)23-17(27)22-13-1-5-15(6-2-13)24-9-11-25-12-10-24/h1-8H,9-12H2,(H2,22,23,27). The minimum absolute atomic E-state index is 0.286. The predicted molar refractivity (Wildman–Crippen MR) is 102 cm³/mol. The van der Waals surface area contributed by atoms with Crippen molar-refractivity contribution in [1.29, 1.82) is 0 Å². The molecule has 0 unspecified atom stereocenters. The van der Waals surface area contributed by atoms with E-state index in [4.69, 9.17) is 17.0 Å². The summed E-state index contributed by atoms with van der Waals surface area (Å²) in [5.74, 6) is -0.286. The molecule has 2 N–H and O–H groups in total. The summed E-state index contributed by atoms with van der Waals surface area (Å²) < 4.78 is 45.7. The van der Waals surface area contributed by atoms with Gasteiger partial charge in [0.1, 0.15) is 5.75 Å². The highest BCUT2D eigenvalue weighted by molar-refractivity contribution is 7.80. The first-order valence-electron chi connectivity index (χ1n) is 8.26. The van der Waals surface area contributed by atoms with Gasteiger partial charge in [-0.15, -0.1) is 13.2 Å². The van der Waals surface area contributed by atoms with Gasteiger partial charge in [0.25, 0.3) is 0 Å². The predicted octanol–water partition coefficient (Wildman–Crippen LogP) is 4.23. The van der Waals surface area contributed by atoms with E-state index in [0.717, 1.165) is 37.7 Å². The summed E-state index contributed by atoms with van der Waals surface area (Å²) in [7, 11) is 0. The molecule has 1 aliphatic heterocycles. The topological polar surface area (TPSA) is 45.8 Å². The molecule has 27 heavy (non-hydrogen) atoms. The molecule has 0 saturated carbocycles. The van der Waals surface area contributed by atoms with E-state index >= 15 is 0 Å². The molecule has 0 aromatic heterocycles. The van der Waals surface area contributed by atoms with E-state index in [9.17, 15) is 13.2 Å². The fourth-order valence-corrected chi connectivity index (χ4v) is 2.85. The van der Waals surface area contributed by atoms with Crippen LogP contribution in [0.4, 0.5) is 30.2 Å². The molecular formula is C18H18F3N3O2S. The maximum Gasteiger partial charge on any atom is 0.573 e. The molecule has 0 atom stereocenters. The van der Waals surface area contributed by atoms with Gasteiger partial charge < -0.3 is 25.0 Å². The van der Waals surface area contributed by atoms with E-state index in [2.05, 4.69) is 20.3 Å². The number of anilines is 3. The molecule has 1 fully saturated rings. The molecule has 0 bridgehead atoms. The van der Waals surface area contributed by atoms with E-state index in [0.29, 0.717) is 10.8 Å². The highest BCUT2D eigenvalue weighted by Gasteiger charge is 2.30. The zero-order chi connectivity index (χ0) is 19.3. The van der Waals surface area contributed by atoms with Gasteiger partial charge in [0, 0.05) is 30.2 Å². The van der Waals surface area contributed by atoms with Gasteiger partial charge in [-0.05, 0) is 60.7 Å². The van der Waals surface area contributed by atoms with Crippen LogP contribution in [-0.2, 0) is 4.74 Å². The third-order valence-corrected chi connectivity index (χ3v) is 4.05. The summed E-state index contributed by atoms with van der Waals surface area (Å²) in [5.41, 5.74) is 2.47. The molecule has 5 nitrogen and oxygen atoms in total. The van der Waals surface area contributed by atoms with Gasteiger partial charge in [-0.2, -0.15) is 0 Å². The minimum atomic E-state index is -4.71. The normalized spacial score (nSPS) is 14.6. The number of hydrogen-bond acceptors (Lipinski definition) is 4. The summed E-state index contributed by atoms with van der Waals surface area (Å²) in [4.78, 5) is 2.24. The Morgan fingerprint density at radius 3 is 1.96 bits per heavy atom. The highest BCUT2D eigenvalue weighted by atomic mass is 32.1. The Morgan fingerprint density at radius 1 is 0.926 bits per heavy atom. The summed E-state index contributed by atoms with van der Waals surface area (Å²) >= 11 is 5.24. The monoisotopic (exact) mass is 397 g/mol. The first-order valence-corrected chi connectivity index (χ1v) is 8.66. The molecule has 0 spiro atoms. The summed E-state index contributed by atoms with van der Waals surface area (Å²) in [6, 6.07) is 13.2. The van der Waals surface area contributed by atoms with Crippen molar-refractivity contribution in [3.05, 3.63) is 48.5 Å². The Morgan fingerprint density at radius 2 is 1.44 bits per heavy atom. The lowest BCUT2D eigenvalue weighted by Crippen LogP contribution is -2.36. The van der Waals surface area contributed by atoms with Crippen LogP contribution in [0.15, 0.2) is 48.5 Å². The number of thiocarbonyl (C=S) groups is 1. The number of nitrogens with one attached hydrogen (secondary N) is 2. The van der Waals surface area contributed by atoms with Gasteiger partial charge in [-0.25, -0.2) is 0 Å². The van der Waals surface area contributed by atoms with Gasteiger partial charge in [0.05, 0.1) is 13.2 Å². The lowest BCUT2D eigenvalue weighted by Gasteiger charge is -2.29. The minimum Gasteiger partial charge on any atom is -0.406 e. The first kappa shape index (κ1) is 19.2. The number of benzene rings is 2. The second-order valence-corrected chi connectivity index (χ2v) is 6.21. The van der Waals surface area contributed by atoms with Crippen LogP contribution in [0.1, 0.15) is 0 Å².